The molecule has 0 saturated heterocycles. The predicted octanol–water partition coefficient (Wildman–Crippen LogP) is 3.25. The molecule has 0 aliphatic heterocycles. The number of hydrogen-bond acceptors (Lipinski definition) is 1. The normalized spacial score (nSPS) is 19.2. The van der Waals surface area contributed by atoms with E-state index in [9.17, 15) is 4.79 Å². The fourth-order valence-electron chi connectivity index (χ4n) is 1.73. The molecular formula is C11H18O. The van der Waals surface area contributed by atoms with Crippen LogP contribution in [0.4, 0.5) is 0 Å². The van der Waals surface area contributed by atoms with Crippen LogP contribution in [0.2, 0.25) is 0 Å². The molecule has 0 bridgehead atoms. The molecule has 0 aromatic rings. The molecule has 0 fully saturated rings. The molecule has 0 spiro atoms. The number of hydrogen-bond donors (Lipinski definition) is 0. The van der Waals surface area contributed by atoms with Gasteiger partial charge in [-0.2, -0.15) is 0 Å². The lowest BCUT2D eigenvalue weighted by atomic mass is 9.97. The molecule has 0 atom stereocenters. The fraction of sp³-hybridized carbons (Fsp3) is 0.727. The Labute approximate surface area is 74.9 Å². The number of allylic oxidation sites excluding steroid dienone is 2. The molecule has 0 heterocycles. The van der Waals surface area contributed by atoms with E-state index >= 15 is 0 Å². The zero-order valence-electron chi connectivity index (χ0n) is 7.72. The van der Waals surface area contributed by atoms with Crippen molar-refractivity contribution in [3.63, 3.8) is 0 Å². The van der Waals surface area contributed by atoms with Gasteiger partial charge in [0.1, 0.15) is 6.29 Å². The van der Waals surface area contributed by atoms with Crippen molar-refractivity contribution < 1.29 is 4.79 Å². The van der Waals surface area contributed by atoms with Crippen molar-refractivity contribution >= 4 is 6.29 Å². The van der Waals surface area contributed by atoms with E-state index in [1.54, 1.807) is 0 Å². The van der Waals surface area contributed by atoms with Crippen molar-refractivity contribution in [1.82, 2.24) is 0 Å². The molecule has 1 aliphatic carbocycles. The van der Waals surface area contributed by atoms with Gasteiger partial charge in [0, 0.05) is 6.42 Å². The second kappa shape index (κ2) is 5.99. The molecule has 0 N–H and O–H groups in total. The summed E-state index contributed by atoms with van der Waals surface area (Å²) in [4.78, 5) is 10.2. The van der Waals surface area contributed by atoms with Gasteiger partial charge in [-0.1, -0.05) is 24.5 Å². The molecule has 0 aromatic carbocycles. The van der Waals surface area contributed by atoms with E-state index in [2.05, 4.69) is 6.08 Å². The Bertz CT molecular complexity index is 158. The summed E-state index contributed by atoms with van der Waals surface area (Å²) in [5.74, 6) is 0. The number of aldehydes is 1. The molecule has 0 amide bonds. The molecule has 0 radical (unpaired) electrons. The largest absolute Gasteiger partial charge is 0.303 e. The Kier molecular flexibility index (Phi) is 4.74. The number of rotatable bonds is 3. The zero-order valence-corrected chi connectivity index (χ0v) is 7.72. The summed E-state index contributed by atoms with van der Waals surface area (Å²) in [7, 11) is 0. The summed E-state index contributed by atoms with van der Waals surface area (Å²) in [5, 5.41) is 0. The van der Waals surface area contributed by atoms with Crippen molar-refractivity contribution in [3.05, 3.63) is 11.6 Å². The van der Waals surface area contributed by atoms with E-state index in [-0.39, 0.29) is 0 Å². The fourth-order valence-corrected chi connectivity index (χ4v) is 1.73. The molecule has 12 heavy (non-hydrogen) atoms. The number of carbonyl (C=O) groups excluding carboxylic acids is 1. The average molecular weight is 166 g/mol. The summed E-state index contributed by atoms with van der Waals surface area (Å²) < 4.78 is 0. The third kappa shape index (κ3) is 3.70. The average Bonchev–Trinajstić information content (AvgIpc) is 2.02. The number of carbonyl (C=O) groups is 1. The third-order valence-electron chi connectivity index (χ3n) is 2.47. The lowest BCUT2D eigenvalue weighted by molar-refractivity contribution is -0.107. The van der Waals surface area contributed by atoms with E-state index in [4.69, 9.17) is 0 Å². The Morgan fingerprint density at radius 1 is 1.25 bits per heavy atom. The van der Waals surface area contributed by atoms with Gasteiger partial charge in [-0.3, -0.25) is 0 Å². The van der Waals surface area contributed by atoms with Gasteiger partial charge in [-0.15, -0.1) is 0 Å². The lowest BCUT2D eigenvalue weighted by Crippen LogP contribution is -1.91. The van der Waals surface area contributed by atoms with Crippen molar-refractivity contribution in [3.8, 4) is 0 Å². The van der Waals surface area contributed by atoms with Gasteiger partial charge in [0.25, 0.3) is 0 Å². The molecule has 1 heteroatoms. The third-order valence-corrected chi connectivity index (χ3v) is 2.47. The van der Waals surface area contributed by atoms with Gasteiger partial charge >= 0.3 is 0 Å². The van der Waals surface area contributed by atoms with Crippen molar-refractivity contribution in [2.75, 3.05) is 0 Å². The Morgan fingerprint density at radius 3 is 2.92 bits per heavy atom. The van der Waals surface area contributed by atoms with Gasteiger partial charge in [0.15, 0.2) is 0 Å². The van der Waals surface area contributed by atoms with Crippen LogP contribution in [-0.4, -0.2) is 6.29 Å². The zero-order chi connectivity index (χ0) is 8.65. The van der Waals surface area contributed by atoms with Crippen molar-refractivity contribution in [1.29, 1.82) is 0 Å². The van der Waals surface area contributed by atoms with Crippen LogP contribution in [-0.2, 0) is 4.79 Å². The standard InChI is InChI=1S/C11H18O/c12-10-6-9-11-7-4-2-1-3-5-8-11/h7,10H,1-6,8-9H2. The first-order valence-electron chi connectivity index (χ1n) is 5.05. The summed E-state index contributed by atoms with van der Waals surface area (Å²) in [6.45, 7) is 0. The molecule has 1 nitrogen and oxygen atoms in total. The SMILES string of the molecule is O=CCCC1=CCCCCCC1. The van der Waals surface area contributed by atoms with Gasteiger partial charge in [-0.25, -0.2) is 0 Å². The Morgan fingerprint density at radius 2 is 2.08 bits per heavy atom. The van der Waals surface area contributed by atoms with E-state index in [0.29, 0.717) is 6.42 Å². The molecule has 68 valence electrons. The minimum atomic E-state index is 0.714. The minimum Gasteiger partial charge on any atom is -0.303 e. The highest BCUT2D eigenvalue weighted by Gasteiger charge is 2.00. The lowest BCUT2D eigenvalue weighted by Gasteiger charge is -2.09. The van der Waals surface area contributed by atoms with Crippen LogP contribution in [0.1, 0.15) is 51.4 Å². The molecule has 1 aliphatic rings. The highest BCUT2D eigenvalue weighted by atomic mass is 16.1. The highest BCUT2D eigenvalue weighted by Crippen LogP contribution is 2.19. The molecule has 0 unspecified atom stereocenters. The molecule has 0 saturated carbocycles. The minimum absolute atomic E-state index is 0.714. The second-order valence-electron chi connectivity index (χ2n) is 3.52. The summed E-state index contributed by atoms with van der Waals surface area (Å²) in [6.07, 6.45) is 13.0. The maximum atomic E-state index is 10.2. The van der Waals surface area contributed by atoms with Crippen molar-refractivity contribution in [2.45, 2.75) is 51.4 Å². The predicted molar refractivity (Wildman–Crippen MR) is 51.1 cm³/mol. The van der Waals surface area contributed by atoms with Crippen LogP contribution in [0.25, 0.3) is 0 Å². The smallest absolute Gasteiger partial charge is 0.120 e. The summed E-state index contributed by atoms with van der Waals surface area (Å²) >= 11 is 0. The van der Waals surface area contributed by atoms with E-state index in [1.807, 2.05) is 0 Å². The molecule has 1 rings (SSSR count). The Balaban J connectivity index is 2.31. The van der Waals surface area contributed by atoms with Gasteiger partial charge < -0.3 is 4.79 Å². The highest BCUT2D eigenvalue weighted by molar-refractivity contribution is 5.49. The maximum Gasteiger partial charge on any atom is 0.120 e. The Hall–Kier alpha value is -0.590. The first kappa shape index (κ1) is 9.50. The van der Waals surface area contributed by atoms with Crippen LogP contribution in [0, 0.1) is 0 Å². The van der Waals surface area contributed by atoms with Gasteiger partial charge in [0.05, 0.1) is 0 Å². The first-order chi connectivity index (χ1) is 5.93. The summed E-state index contributed by atoms with van der Waals surface area (Å²) in [6, 6.07) is 0. The van der Waals surface area contributed by atoms with Crippen LogP contribution in [0.5, 0.6) is 0 Å². The van der Waals surface area contributed by atoms with E-state index in [1.165, 1.54) is 44.1 Å². The summed E-state index contributed by atoms with van der Waals surface area (Å²) in [5.41, 5.74) is 1.52. The first-order valence-corrected chi connectivity index (χ1v) is 5.05. The van der Waals surface area contributed by atoms with Crippen LogP contribution >= 0.6 is 0 Å². The van der Waals surface area contributed by atoms with Crippen molar-refractivity contribution in [2.24, 2.45) is 0 Å². The topological polar surface area (TPSA) is 17.1 Å². The van der Waals surface area contributed by atoms with E-state index in [0.717, 1.165) is 12.7 Å². The van der Waals surface area contributed by atoms with Crippen LogP contribution < -0.4 is 0 Å². The second-order valence-corrected chi connectivity index (χ2v) is 3.52. The van der Waals surface area contributed by atoms with Crippen LogP contribution in [0.3, 0.4) is 0 Å². The monoisotopic (exact) mass is 166 g/mol. The quantitative estimate of drug-likeness (QED) is 0.464. The van der Waals surface area contributed by atoms with Gasteiger partial charge in [-0.05, 0) is 32.1 Å². The van der Waals surface area contributed by atoms with Gasteiger partial charge in [0.2, 0.25) is 0 Å². The molecular weight excluding hydrogens is 148 g/mol. The van der Waals surface area contributed by atoms with Crippen LogP contribution in [0.15, 0.2) is 11.6 Å². The maximum absolute atomic E-state index is 10.2. The molecule has 0 aromatic heterocycles. The van der Waals surface area contributed by atoms with E-state index < -0.39 is 0 Å².